The van der Waals surface area contributed by atoms with Crippen molar-refractivity contribution in [2.75, 3.05) is 25.6 Å². The van der Waals surface area contributed by atoms with Gasteiger partial charge >= 0.3 is 0 Å². The third-order valence-corrected chi connectivity index (χ3v) is 5.23. The quantitative estimate of drug-likeness (QED) is 0.891. The number of methoxy groups -OCH3 is 1. The number of thiophene rings is 1. The van der Waals surface area contributed by atoms with E-state index in [9.17, 15) is 4.79 Å². The van der Waals surface area contributed by atoms with Crippen molar-refractivity contribution in [2.24, 2.45) is 0 Å². The molecule has 20 heavy (non-hydrogen) atoms. The number of benzene rings is 1. The monoisotopic (exact) mass is 310 g/mol. The lowest BCUT2D eigenvalue weighted by atomic mass is 10.2. The molecule has 1 aromatic carbocycles. The largest absolute Gasteiger partial charge is 0.496 e. The van der Waals surface area contributed by atoms with E-state index in [1.54, 1.807) is 18.9 Å². The number of hydrogen-bond acceptors (Lipinski definition) is 5. The molecule has 0 saturated heterocycles. The standard InChI is InChI=1S/C14H18N2O2S2/c1-8(19-3)7-16-14(17)13-12(15)11-9(18-2)5-4-6-10(11)20-13/h4-6,8H,7,15H2,1-3H3,(H,16,17). The maximum Gasteiger partial charge on any atom is 0.263 e. The first-order valence-corrected chi connectivity index (χ1v) is 8.34. The number of amides is 1. The van der Waals surface area contributed by atoms with Crippen molar-refractivity contribution in [1.82, 2.24) is 5.32 Å². The van der Waals surface area contributed by atoms with Gasteiger partial charge in [-0.1, -0.05) is 13.0 Å². The second-order valence-corrected chi connectivity index (χ2v) is 6.76. The van der Waals surface area contributed by atoms with Gasteiger partial charge < -0.3 is 15.8 Å². The van der Waals surface area contributed by atoms with E-state index in [0.717, 1.165) is 10.1 Å². The molecule has 1 amide bonds. The van der Waals surface area contributed by atoms with Crippen molar-refractivity contribution in [3.8, 4) is 5.75 Å². The van der Waals surface area contributed by atoms with Crippen LogP contribution in [0.1, 0.15) is 16.6 Å². The van der Waals surface area contributed by atoms with Crippen LogP contribution in [0.2, 0.25) is 0 Å². The van der Waals surface area contributed by atoms with Gasteiger partial charge in [0.05, 0.1) is 18.2 Å². The third-order valence-electron chi connectivity index (χ3n) is 3.09. The normalized spacial score (nSPS) is 12.3. The average Bonchev–Trinajstić information content (AvgIpc) is 2.81. The molecule has 2 rings (SSSR count). The van der Waals surface area contributed by atoms with Crippen molar-refractivity contribution in [1.29, 1.82) is 0 Å². The van der Waals surface area contributed by atoms with Crippen LogP contribution in [0.25, 0.3) is 10.1 Å². The average molecular weight is 310 g/mol. The number of thioether (sulfide) groups is 1. The summed E-state index contributed by atoms with van der Waals surface area (Å²) < 4.78 is 6.27. The molecule has 3 N–H and O–H groups in total. The summed E-state index contributed by atoms with van der Waals surface area (Å²) in [5, 5.41) is 4.12. The van der Waals surface area contributed by atoms with E-state index >= 15 is 0 Å². The van der Waals surface area contributed by atoms with Crippen LogP contribution in [0, 0.1) is 0 Å². The summed E-state index contributed by atoms with van der Waals surface area (Å²) in [5.74, 6) is 0.583. The number of nitrogens with one attached hydrogen (secondary N) is 1. The molecule has 0 aliphatic heterocycles. The van der Waals surface area contributed by atoms with Crippen LogP contribution in [0.5, 0.6) is 5.75 Å². The highest BCUT2D eigenvalue weighted by atomic mass is 32.2. The molecule has 1 heterocycles. The van der Waals surface area contributed by atoms with E-state index in [4.69, 9.17) is 10.5 Å². The zero-order valence-corrected chi connectivity index (χ0v) is 13.4. The Morgan fingerprint density at radius 2 is 2.30 bits per heavy atom. The van der Waals surface area contributed by atoms with Crippen molar-refractivity contribution < 1.29 is 9.53 Å². The van der Waals surface area contributed by atoms with Gasteiger partial charge in [0.25, 0.3) is 5.91 Å². The van der Waals surface area contributed by atoms with Crippen molar-refractivity contribution in [2.45, 2.75) is 12.2 Å². The number of carbonyl (C=O) groups excluding carboxylic acids is 1. The lowest BCUT2D eigenvalue weighted by Crippen LogP contribution is -2.29. The molecule has 0 bridgehead atoms. The van der Waals surface area contributed by atoms with Crippen LogP contribution in [0.15, 0.2) is 18.2 Å². The van der Waals surface area contributed by atoms with Crippen LogP contribution >= 0.6 is 23.1 Å². The molecule has 0 aliphatic rings. The summed E-state index contributed by atoms with van der Waals surface area (Å²) in [5.41, 5.74) is 6.62. The first-order chi connectivity index (χ1) is 9.58. The maximum atomic E-state index is 12.2. The van der Waals surface area contributed by atoms with Gasteiger partial charge in [-0.2, -0.15) is 11.8 Å². The molecular formula is C14H18N2O2S2. The van der Waals surface area contributed by atoms with Crippen LogP contribution < -0.4 is 15.8 Å². The fourth-order valence-corrected chi connectivity index (χ4v) is 3.18. The van der Waals surface area contributed by atoms with E-state index < -0.39 is 0 Å². The maximum absolute atomic E-state index is 12.2. The molecule has 0 spiro atoms. The third kappa shape index (κ3) is 2.86. The number of fused-ring (bicyclic) bond motifs is 1. The van der Waals surface area contributed by atoms with Gasteiger partial charge in [-0.05, 0) is 18.4 Å². The summed E-state index contributed by atoms with van der Waals surface area (Å²) in [6.45, 7) is 2.70. The van der Waals surface area contributed by atoms with Gasteiger partial charge in [0.1, 0.15) is 10.6 Å². The molecule has 4 nitrogen and oxygen atoms in total. The number of hydrogen-bond donors (Lipinski definition) is 2. The summed E-state index contributed by atoms with van der Waals surface area (Å²) in [4.78, 5) is 12.8. The predicted octanol–water partition coefficient (Wildman–Crippen LogP) is 2.97. The van der Waals surface area contributed by atoms with Gasteiger partial charge in [0.2, 0.25) is 0 Å². The Morgan fingerprint density at radius 3 is 2.95 bits per heavy atom. The molecule has 108 valence electrons. The Balaban J connectivity index is 2.31. The van der Waals surface area contributed by atoms with E-state index in [1.165, 1.54) is 11.3 Å². The number of nitrogens with two attached hydrogens (primary N) is 1. The van der Waals surface area contributed by atoms with Gasteiger partial charge in [-0.3, -0.25) is 4.79 Å². The van der Waals surface area contributed by atoms with E-state index in [-0.39, 0.29) is 5.91 Å². The lowest BCUT2D eigenvalue weighted by Gasteiger charge is -2.09. The molecular weight excluding hydrogens is 292 g/mol. The van der Waals surface area contributed by atoms with E-state index in [2.05, 4.69) is 12.2 Å². The topological polar surface area (TPSA) is 64.3 Å². The van der Waals surface area contributed by atoms with Gasteiger partial charge in [-0.25, -0.2) is 0 Å². The second kappa shape index (κ2) is 6.37. The van der Waals surface area contributed by atoms with Crippen molar-refractivity contribution >= 4 is 44.8 Å². The zero-order valence-electron chi connectivity index (χ0n) is 11.7. The highest BCUT2D eigenvalue weighted by molar-refractivity contribution is 7.99. The fourth-order valence-electron chi connectivity index (χ4n) is 1.88. The van der Waals surface area contributed by atoms with Gasteiger partial charge in [0.15, 0.2) is 0 Å². The number of rotatable bonds is 5. The minimum Gasteiger partial charge on any atom is -0.496 e. The number of nitrogen functional groups attached to an aromatic ring is 1. The van der Waals surface area contributed by atoms with Crippen LogP contribution in [0.4, 0.5) is 5.69 Å². The Bertz CT molecular complexity index is 625. The fraction of sp³-hybridized carbons (Fsp3) is 0.357. The smallest absolute Gasteiger partial charge is 0.263 e. The Morgan fingerprint density at radius 1 is 1.55 bits per heavy atom. The molecule has 0 aliphatic carbocycles. The van der Waals surface area contributed by atoms with Crippen LogP contribution in [-0.2, 0) is 0 Å². The minimum absolute atomic E-state index is 0.119. The van der Waals surface area contributed by atoms with Gasteiger partial charge in [0, 0.05) is 16.5 Å². The summed E-state index contributed by atoms with van der Waals surface area (Å²) in [6, 6.07) is 5.69. The van der Waals surface area contributed by atoms with Crippen LogP contribution in [-0.4, -0.2) is 31.1 Å². The Kier molecular flexibility index (Phi) is 4.77. The highest BCUT2D eigenvalue weighted by Gasteiger charge is 2.19. The number of ether oxygens (including phenoxy) is 1. The van der Waals surface area contributed by atoms with E-state index in [0.29, 0.717) is 28.1 Å². The second-order valence-electron chi connectivity index (χ2n) is 4.43. The minimum atomic E-state index is -0.119. The molecule has 6 heteroatoms. The van der Waals surface area contributed by atoms with E-state index in [1.807, 2.05) is 24.5 Å². The van der Waals surface area contributed by atoms with Crippen molar-refractivity contribution in [3.05, 3.63) is 23.1 Å². The number of carbonyl (C=O) groups is 1. The highest BCUT2D eigenvalue weighted by Crippen LogP contribution is 2.39. The Labute approximate surface area is 126 Å². The summed E-state index contributed by atoms with van der Waals surface area (Å²) in [7, 11) is 1.60. The molecule has 0 saturated carbocycles. The SMILES string of the molecule is COc1cccc2sc(C(=O)NCC(C)SC)c(N)c12. The lowest BCUT2D eigenvalue weighted by molar-refractivity contribution is 0.0959. The van der Waals surface area contributed by atoms with Crippen molar-refractivity contribution in [3.63, 3.8) is 0 Å². The molecule has 1 atom stereocenters. The van der Waals surface area contributed by atoms with Gasteiger partial charge in [-0.15, -0.1) is 11.3 Å². The number of anilines is 1. The first-order valence-electron chi connectivity index (χ1n) is 6.24. The summed E-state index contributed by atoms with van der Waals surface area (Å²) >= 11 is 3.11. The Hall–Kier alpha value is -1.40. The molecule has 1 aromatic heterocycles. The molecule has 0 fully saturated rings. The first kappa shape index (κ1) is 15.0. The zero-order chi connectivity index (χ0) is 14.7. The molecule has 0 radical (unpaired) electrons. The summed E-state index contributed by atoms with van der Waals surface area (Å²) in [6.07, 6.45) is 2.02. The predicted molar refractivity (Wildman–Crippen MR) is 88.1 cm³/mol. The molecule has 2 aromatic rings. The van der Waals surface area contributed by atoms with Crippen LogP contribution in [0.3, 0.4) is 0 Å². The molecule has 1 unspecified atom stereocenters.